The maximum absolute atomic E-state index is 9.44. The van der Waals surface area contributed by atoms with E-state index in [4.69, 9.17) is 0 Å². The highest BCUT2D eigenvalue weighted by Crippen LogP contribution is 2.43. The zero-order valence-electron chi connectivity index (χ0n) is 10.4. The van der Waals surface area contributed by atoms with Crippen molar-refractivity contribution in [2.75, 3.05) is 0 Å². The predicted octanol–water partition coefficient (Wildman–Crippen LogP) is 1.78. The minimum absolute atomic E-state index is 0.332. The van der Waals surface area contributed by atoms with E-state index in [0.717, 1.165) is 18.4 Å². The standard InChI is InChI=1S/C14H14N4O/c15-9-14(11-4-2-1-3-5-11)6-12(7-14)16-8-13-17-10-19-18-13/h1-5,10,12,16H,6-8H2. The maximum atomic E-state index is 9.44. The van der Waals surface area contributed by atoms with Gasteiger partial charge in [0.1, 0.15) is 0 Å². The Balaban J connectivity index is 1.60. The number of benzene rings is 1. The molecule has 0 radical (unpaired) electrons. The lowest BCUT2D eigenvalue weighted by molar-refractivity contribution is 0.223. The summed E-state index contributed by atoms with van der Waals surface area (Å²) >= 11 is 0. The van der Waals surface area contributed by atoms with Crippen molar-refractivity contribution in [3.63, 3.8) is 0 Å². The third kappa shape index (κ3) is 2.23. The normalized spacial score (nSPS) is 25.5. The van der Waals surface area contributed by atoms with Crippen LogP contribution in [-0.4, -0.2) is 16.2 Å². The van der Waals surface area contributed by atoms with Crippen molar-refractivity contribution in [2.45, 2.75) is 30.8 Å². The highest BCUT2D eigenvalue weighted by molar-refractivity contribution is 5.36. The first-order valence-corrected chi connectivity index (χ1v) is 6.28. The van der Waals surface area contributed by atoms with Gasteiger partial charge in [0.05, 0.1) is 18.0 Å². The summed E-state index contributed by atoms with van der Waals surface area (Å²) in [6.45, 7) is 0.581. The van der Waals surface area contributed by atoms with Crippen molar-refractivity contribution < 1.29 is 4.52 Å². The lowest BCUT2D eigenvalue weighted by atomic mass is 9.62. The van der Waals surface area contributed by atoms with Crippen molar-refractivity contribution >= 4 is 0 Å². The highest BCUT2D eigenvalue weighted by atomic mass is 16.5. The molecule has 0 atom stereocenters. The number of nitriles is 1. The first kappa shape index (κ1) is 11.9. The topological polar surface area (TPSA) is 74.7 Å². The quantitative estimate of drug-likeness (QED) is 0.900. The number of hydrogen-bond donors (Lipinski definition) is 1. The summed E-state index contributed by atoms with van der Waals surface area (Å²) in [6.07, 6.45) is 2.97. The van der Waals surface area contributed by atoms with Crippen molar-refractivity contribution in [1.29, 1.82) is 5.26 Å². The van der Waals surface area contributed by atoms with Crippen LogP contribution in [0.3, 0.4) is 0 Å². The molecule has 0 spiro atoms. The SMILES string of the molecule is N#CC1(c2ccccc2)CC(NCc2ncon2)C1. The molecule has 1 aliphatic carbocycles. The van der Waals surface area contributed by atoms with Crippen LogP contribution in [0.25, 0.3) is 0 Å². The molecule has 5 heteroatoms. The smallest absolute Gasteiger partial charge is 0.213 e. The summed E-state index contributed by atoms with van der Waals surface area (Å²) in [5, 5.41) is 16.5. The summed E-state index contributed by atoms with van der Waals surface area (Å²) in [5.74, 6) is 0.647. The fourth-order valence-electron chi connectivity index (χ4n) is 2.58. The Morgan fingerprint density at radius 3 is 2.79 bits per heavy atom. The molecule has 3 rings (SSSR count). The second-order valence-corrected chi connectivity index (χ2v) is 4.89. The van der Waals surface area contributed by atoms with Gasteiger partial charge in [-0.15, -0.1) is 0 Å². The Morgan fingerprint density at radius 2 is 2.16 bits per heavy atom. The molecule has 1 aromatic carbocycles. The van der Waals surface area contributed by atoms with Gasteiger partial charge in [-0.25, -0.2) is 0 Å². The summed E-state index contributed by atoms with van der Waals surface area (Å²) in [6, 6.07) is 12.8. The van der Waals surface area contributed by atoms with Crippen molar-refractivity contribution in [3.8, 4) is 6.07 Å². The molecule has 1 aromatic heterocycles. The third-order valence-corrected chi connectivity index (χ3v) is 3.69. The molecule has 0 amide bonds. The van der Waals surface area contributed by atoms with Crippen LogP contribution in [0.2, 0.25) is 0 Å². The number of rotatable bonds is 4. The minimum atomic E-state index is -0.337. The molecule has 19 heavy (non-hydrogen) atoms. The van der Waals surface area contributed by atoms with E-state index < -0.39 is 0 Å². The van der Waals surface area contributed by atoms with Gasteiger partial charge in [-0.1, -0.05) is 35.5 Å². The Morgan fingerprint density at radius 1 is 1.37 bits per heavy atom. The first-order chi connectivity index (χ1) is 9.32. The first-order valence-electron chi connectivity index (χ1n) is 6.28. The molecule has 96 valence electrons. The minimum Gasteiger partial charge on any atom is -0.343 e. The van der Waals surface area contributed by atoms with Crippen LogP contribution < -0.4 is 5.32 Å². The second-order valence-electron chi connectivity index (χ2n) is 4.89. The lowest BCUT2D eigenvalue weighted by Crippen LogP contribution is -2.50. The van der Waals surface area contributed by atoms with Crippen LogP contribution in [0.1, 0.15) is 24.2 Å². The molecule has 1 fully saturated rings. The Bertz CT molecular complexity index is 567. The van der Waals surface area contributed by atoms with Crippen LogP contribution in [0.15, 0.2) is 41.2 Å². The molecular formula is C14H14N4O. The van der Waals surface area contributed by atoms with Crippen molar-refractivity contribution in [3.05, 3.63) is 48.1 Å². The van der Waals surface area contributed by atoms with E-state index >= 15 is 0 Å². The number of hydrogen-bond acceptors (Lipinski definition) is 5. The molecule has 5 nitrogen and oxygen atoms in total. The van der Waals surface area contributed by atoms with Crippen LogP contribution >= 0.6 is 0 Å². The Hall–Kier alpha value is -2.19. The van der Waals surface area contributed by atoms with Gasteiger partial charge in [0, 0.05) is 6.04 Å². The van der Waals surface area contributed by atoms with E-state index in [1.54, 1.807) is 0 Å². The average Bonchev–Trinajstić information content (AvgIpc) is 2.92. The number of nitrogens with zero attached hydrogens (tertiary/aromatic N) is 3. The monoisotopic (exact) mass is 254 g/mol. The summed E-state index contributed by atoms with van der Waals surface area (Å²) in [7, 11) is 0. The highest BCUT2D eigenvalue weighted by Gasteiger charge is 2.45. The van der Waals surface area contributed by atoms with E-state index in [0.29, 0.717) is 18.4 Å². The fraction of sp³-hybridized carbons (Fsp3) is 0.357. The van der Waals surface area contributed by atoms with Gasteiger partial charge in [-0.3, -0.25) is 0 Å². The molecule has 1 heterocycles. The van der Waals surface area contributed by atoms with E-state index in [9.17, 15) is 5.26 Å². The van der Waals surface area contributed by atoms with Crippen molar-refractivity contribution in [2.24, 2.45) is 0 Å². The largest absolute Gasteiger partial charge is 0.343 e. The van der Waals surface area contributed by atoms with Gasteiger partial charge in [-0.2, -0.15) is 10.2 Å². The van der Waals surface area contributed by atoms with Crippen LogP contribution in [0.5, 0.6) is 0 Å². The van der Waals surface area contributed by atoms with Gasteiger partial charge in [0.25, 0.3) is 0 Å². The van der Waals surface area contributed by atoms with Crippen LogP contribution in [0, 0.1) is 11.3 Å². The van der Waals surface area contributed by atoms with E-state index in [2.05, 4.69) is 26.0 Å². The predicted molar refractivity (Wildman–Crippen MR) is 67.9 cm³/mol. The zero-order valence-corrected chi connectivity index (χ0v) is 10.4. The van der Waals surface area contributed by atoms with Gasteiger partial charge >= 0.3 is 0 Å². The van der Waals surface area contributed by atoms with E-state index in [-0.39, 0.29) is 5.41 Å². The molecular weight excluding hydrogens is 240 g/mol. The average molecular weight is 254 g/mol. The van der Waals surface area contributed by atoms with Crippen molar-refractivity contribution in [1.82, 2.24) is 15.5 Å². The lowest BCUT2D eigenvalue weighted by Gasteiger charge is -2.43. The number of nitrogens with one attached hydrogen (secondary N) is 1. The second kappa shape index (κ2) is 4.82. The Kier molecular flexibility index (Phi) is 3.02. The van der Waals surface area contributed by atoms with Crippen LogP contribution in [0.4, 0.5) is 0 Å². The summed E-state index contributed by atoms with van der Waals surface area (Å²) < 4.78 is 4.68. The molecule has 2 aromatic rings. The van der Waals surface area contributed by atoms with Gasteiger partial charge in [0.15, 0.2) is 5.82 Å². The molecule has 0 saturated heterocycles. The molecule has 1 N–H and O–H groups in total. The third-order valence-electron chi connectivity index (χ3n) is 3.69. The van der Waals surface area contributed by atoms with Gasteiger partial charge < -0.3 is 9.84 Å². The van der Waals surface area contributed by atoms with Crippen LogP contribution in [-0.2, 0) is 12.0 Å². The van der Waals surface area contributed by atoms with E-state index in [1.807, 2.05) is 30.3 Å². The van der Waals surface area contributed by atoms with E-state index in [1.165, 1.54) is 6.39 Å². The molecule has 1 aliphatic rings. The summed E-state index contributed by atoms with van der Waals surface area (Å²) in [5.41, 5.74) is 0.769. The van der Waals surface area contributed by atoms with Gasteiger partial charge in [0.2, 0.25) is 6.39 Å². The Labute approximate surface area is 111 Å². The molecule has 0 aliphatic heterocycles. The fourth-order valence-corrected chi connectivity index (χ4v) is 2.58. The van der Waals surface area contributed by atoms with Gasteiger partial charge in [-0.05, 0) is 18.4 Å². The zero-order chi connectivity index (χ0) is 13.1. The summed E-state index contributed by atoms with van der Waals surface area (Å²) in [4.78, 5) is 3.96. The molecule has 0 unspecified atom stereocenters. The number of aromatic nitrogens is 2. The maximum Gasteiger partial charge on any atom is 0.213 e. The molecule has 1 saturated carbocycles. The molecule has 0 bridgehead atoms.